The minimum Gasteiger partial charge on any atom is -0.488 e. The molecule has 1 fully saturated rings. The van der Waals surface area contributed by atoms with Gasteiger partial charge in [-0.25, -0.2) is 8.78 Å². The fraction of sp³-hybridized carbons (Fsp3) is 0.684. The molecule has 4 heteroatoms. The molecule has 0 aromatic heterocycles. The maximum Gasteiger partial charge on any atom is 0.272 e. The van der Waals surface area contributed by atoms with E-state index in [9.17, 15) is 8.78 Å². The summed E-state index contributed by atoms with van der Waals surface area (Å²) >= 11 is 0. The highest BCUT2D eigenvalue weighted by molar-refractivity contribution is 5.43. The second kappa shape index (κ2) is 7.16. The van der Waals surface area contributed by atoms with E-state index in [-0.39, 0.29) is 5.41 Å². The summed E-state index contributed by atoms with van der Waals surface area (Å²) in [6, 6.07) is 6.02. The molecule has 0 aliphatic heterocycles. The van der Waals surface area contributed by atoms with Crippen molar-refractivity contribution in [3.8, 4) is 5.75 Å². The van der Waals surface area contributed by atoms with Crippen molar-refractivity contribution in [2.75, 3.05) is 20.2 Å². The van der Waals surface area contributed by atoms with Crippen LogP contribution < -0.4 is 10.1 Å². The molecular formula is C19H27F2NO. The van der Waals surface area contributed by atoms with E-state index >= 15 is 0 Å². The Morgan fingerprint density at radius 2 is 2.17 bits per heavy atom. The molecule has 3 rings (SSSR count). The van der Waals surface area contributed by atoms with Crippen LogP contribution in [0, 0.1) is 5.92 Å². The van der Waals surface area contributed by atoms with Crippen LogP contribution in [0.25, 0.3) is 0 Å². The lowest BCUT2D eigenvalue weighted by Crippen LogP contribution is -2.43. The number of benzene rings is 1. The molecule has 1 aromatic rings. The monoisotopic (exact) mass is 323 g/mol. The molecule has 0 bridgehead atoms. The lowest BCUT2D eigenvalue weighted by Gasteiger charge is -2.49. The Bertz CT molecular complexity index is 534. The molecule has 0 amide bonds. The van der Waals surface area contributed by atoms with E-state index in [0.29, 0.717) is 5.75 Å². The summed E-state index contributed by atoms with van der Waals surface area (Å²) in [7, 11) is 2.00. The van der Waals surface area contributed by atoms with Gasteiger partial charge < -0.3 is 10.1 Å². The maximum absolute atomic E-state index is 12.4. The molecule has 0 heterocycles. The number of alkyl halides is 2. The van der Waals surface area contributed by atoms with Gasteiger partial charge in [-0.3, -0.25) is 0 Å². The number of hydrogen-bond acceptors (Lipinski definition) is 2. The summed E-state index contributed by atoms with van der Waals surface area (Å²) in [6.07, 6.45) is 6.16. The van der Waals surface area contributed by atoms with Crippen molar-refractivity contribution in [3.63, 3.8) is 0 Å². The first-order chi connectivity index (χ1) is 11.2. The van der Waals surface area contributed by atoms with Crippen LogP contribution in [0.2, 0.25) is 0 Å². The third-order valence-electron chi connectivity index (χ3n) is 5.78. The highest BCUT2D eigenvalue weighted by atomic mass is 19.3. The third kappa shape index (κ3) is 3.37. The molecular weight excluding hydrogens is 296 g/mol. The van der Waals surface area contributed by atoms with Gasteiger partial charge in [0, 0.05) is 0 Å². The average molecular weight is 323 g/mol. The van der Waals surface area contributed by atoms with Crippen molar-refractivity contribution in [3.05, 3.63) is 29.3 Å². The van der Waals surface area contributed by atoms with Crippen LogP contribution >= 0.6 is 0 Å². The number of rotatable bonds is 6. The van der Waals surface area contributed by atoms with Gasteiger partial charge in [-0.2, -0.15) is 0 Å². The molecule has 0 radical (unpaired) electrons. The molecule has 0 spiro atoms. The van der Waals surface area contributed by atoms with Crippen molar-refractivity contribution in [2.45, 2.75) is 56.8 Å². The zero-order valence-corrected chi connectivity index (χ0v) is 13.9. The Morgan fingerprint density at radius 1 is 1.30 bits per heavy atom. The quantitative estimate of drug-likeness (QED) is 0.842. The van der Waals surface area contributed by atoms with E-state index in [2.05, 4.69) is 17.4 Å². The summed E-state index contributed by atoms with van der Waals surface area (Å²) in [5, 5.41) is 3.30. The lowest BCUT2D eigenvalue weighted by atomic mass is 9.56. The van der Waals surface area contributed by atoms with Crippen molar-refractivity contribution >= 4 is 0 Å². The maximum atomic E-state index is 12.4. The molecule has 2 atom stereocenters. The Balaban J connectivity index is 1.93. The Morgan fingerprint density at radius 3 is 2.96 bits per heavy atom. The third-order valence-corrected chi connectivity index (χ3v) is 5.78. The molecule has 1 N–H and O–H groups in total. The van der Waals surface area contributed by atoms with Crippen LogP contribution in [0.3, 0.4) is 0 Å². The van der Waals surface area contributed by atoms with Gasteiger partial charge in [-0.1, -0.05) is 18.9 Å². The van der Waals surface area contributed by atoms with Crippen LogP contribution in [-0.4, -0.2) is 26.6 Å². The SMILES string of the molecule is CNCC[C@@]12CCCCC1CCc1ccc(OCC(F)F)cc12. The minimum atomic E-state index is -2.42. The zero-order chi connectivity index (χ0) is 16.3. The molecule has 2 nitrogen and oxygen atoms in total. The molecule has 2 aliphatic rings. The second-order valence-corrected chi connectivity index (χ2v) is 7.01. The van der Waals surface area contributed by atoms with Gasteiger partial charge in [0.2, 0.25) is 0 Å². The fourth-order valence-corrected chi connectivity index (χ4v) is 4.71. The minimum absolute atomic E-state index is 0.207. The van der Waals surface area contributed by atoms with Crippen LogP contribution in [0.4, 0.5) is 8.78 Å². The topological polar surface area (TPSA) is 21.3 Å². The normalized spacial score (nSPS) is 26.7. The molecule has 2 aliphatic carbocycles. The summed E-state index contributed by atoms with van der Waals surface area (Å²) in [4.78, 5) is 0. The van der Waals surface area contributed by atoms with Crippen molar-refractivity contribution in [1.82, 2.24) is 5.32 Å². The van der Waals surface area contributed by atoms with E-state index in [1.807, 2.05) is 13.1 Å². The van der Waals surface area contributed by atoms with E-state index in [4.69, 9.17) is 4.74 Å². The van der Waals surface area contributed by atoms with Crippen LogP contribution in [0.5, 0.6) is 5.75 Å². The van der Waals surface area contributed by atoms with Gasteiger partial charge >= 0.3 is 0 Å². The van der Waals surface area contributed by atoms with Gasteiger partial charge in [-0.05, 0) is 80.3 Å². The molecule has 1 saturated carbocycles. The van der Waals surface area contributed by atoms with Gasteiger partial charge in [0.25, 0.3) is 6.43 Å². The van der Waals surface area contributed by atoms with Crippen LogP contribution in [0.1, 0.15) is 49.7 Å². The van der Waals surface area contributed by atoms with Crippen LogP contribution in [-0.2, 0) is 11.8 Å². The van der Waals surface area contributed by atoms with Gasteiger partial charge in [0.05, 0.1) is 0 Å². The van der Waals surface area contributed by atoms with Crippen molar-refractivity contribution in [1.29, 1.82) is 0 Å². The predicted octanol–water partition coefficient (Wildman–Crippen LogP) is 4.31. The van der Waals surface area contributed by atoms with E-state index in [0.717, 1.165) is 25.3 Å². The van der Waals surface area contributed by atoms with Crippen molar-refractivity contribution in [2.24, 2.45) is 5.92 Å². The molecule has 128 valence electrons. The number of halogens is 2. The molecule has 23 heavy (non-hydrogen) atoms. The fourth-order valence-electron chi connectivity index (χ4n) is 4.71. The molecule has 1 unspecified atom stereocenters. The average Bonchev–Trinajstić information content (AvgIpc) is 2.58. The van der Waals surface area contributed by atoms with E-state index < -0.39 is 13.0 Å². The first kappa shape index (κ1) is 16.7. The highest BCUT2D eigenvalue weighted by Gasteiger charge is 2.44. The molecule has 0 saturated heterocycles. The first-order valence-corrected chi connectivity index (χ1v) is 8.84. The van der Waals surface area contributed by atoms with Crippen molar-refractivity contribution < 1.29 is 13.5 Å². The Hall–Kier alpha value is -1.16. The van der Waals surface area contributed by atoms with Gasteiger partial charge in [0.15, 0.2) is 0 Å². The largest absolute Gasteiger partial charge is 0.488 e. The summed E-state index contributed by atoms with van der Waals surface area (Å²) in [5.41, 5.74) is 2.97. The lowest BCUT2D eigenvalue weighted by molar-refractivity contribution is 0.0814. The number of nitrogens with one attached hydrogen (secondary N) is 1. The highest BCUT2D eigenvalue weighted by Crippen LogP contribution is 2.52. The summed E-state index contributed by atoms with van der Waals surface area (Å²) in [6.45, 7) is 0.476. The van der Waals surface area contributed by atoms with Crippen LogP contribution in [0.15, 0.2) is 18.2 Å². The summed E-state index contributed by atoms with van der Waals surface area (Å²) < 4.78 is 30.2. The number of ether oxygens (including phenoxy) is 1. The Kier molecular flexibility index (Phi) is 5.20. The Labute approximate surface area is 137 Å². The predicted molar refractivity (Wildman–Crippen MR) is 88.4 cm³/mol. The smallest absolute Gasteiger partial charge is 0.272 e. The number of hydrogen-bond donors (Lipinski definition) is 1. The van der Waals surface area contributed by atoms with E-state index in [1.54, 1.807) is 0 Å². The number of fused-ring (bicyclic) bond motifs is 3. The first-order valence-electron chi connectivity index (χ1n) is 8.84. The number of aryl methyl sites for hydroxylation is 1. The molecule has 1 aromatic carbocycles. The standard InChI is InChI=1S/C19H27F2NO/c1-22-11-10-19-9-3-2-4-15(19)7-5-14-6-8-16(12-17(14)19)23-13-18(20)21/h6,8,12,15,18,22H,2-5,7,9-11,13H2,1H3/t15?,19-/m0/s1. The summed E-state index contributed by atoms with van der Waals surface area (Å²) in [5.74, 6) is 1.32. The van der Waals surface area contributed by atoms with Gasteiger partial charge in [0.1, 0.15) is 12.4 Å². The van der Waals surface area contributed by atoms with E-state index in [1.165, 1.54) is 43.2 Å². The van der Waals surface area contributed by atoms with Gasteiger partial charge in [-0.15, -0.1) is 0 Å². The zero-order valence-electron chi connectivity index (χ0n) is 13.9. The second-order valence-electron chi connectivity index (χ2n) is 7.01.